The smallest absolute Gasteiger partial charge is 0.277 e. The van der Waals surface area contributed by atoms with Crippen LogP contribution in [0.3, 0.4) is 0 Å². The lowest BCUT2D eigenvalue weighted by Gasteiger charge is -2.15. The van der Waals surface area contributed by atoms with E-state index in [9.17, 15) is 18.3 Å². The number of sulfonamides is 1. The van der Waals surface area contributed by atoms with Gasteiger partial charge in [-0.05, 0) is 44.0 Å². The summed E-state index contributed by atoms with van der Waals surface area (Å²) in [4.78, 5) is 20.3. The highest BCUT2D eigenvalue weighted by atomic mass is 32.2. The maximum atomic E-state index is 13.1. The number of nitrogens with one attached hydrogen (secondary N) is 2. The summed E-state index contributed by atoms with van der Waals surface area (Å²) in [6.07, 6.45) is 2.65. The molecule has 10 nitrogen and oxygen atoms in total. The second-order valence-corrected chi connectivity index (χ2v) is 10.8. The lowest BCUT2D eigenvalue weighted by atomic mass is 10.1. The van der Waals surface area contributed by atoms with Crippen molar-refractivity contribution in [1.29, 1.82) is 0 Å². The van der Waals surface area contributed by atoms with E-state index in [-0.39, 0.29) is 22.8 Å². The van der Waals surface area contributed by atoms with Crippen molar-refractivity contribution in [2.45, 2.75) is 57.5 Å². The van der Waals surface area contributed by atoms with Crippen LogP contribution < -0.4 is 15.0 Å². The number of imidazole rings is 1. The molecule has 0 bridgehead atoms. The fourth-order valence-corrected chi connectivity index (χ4v) is 5.32. The number of rotatable bonds is 12. The zero-order valence-corrected chi connectivity index (χ0v) is 22.6. The molecule has 0 aliphatic heterocycles. The van der Waals surface area contributed by atoms with Crippen molar-refractivity contribution in [3.63, 3.8) is 0 Å². The number of ether oxygens (including phenoxy) is 1. The molecule has 11 heteroatoms. The van der Waals surface area contributed by atoms with Gasteiger partial charge in [-0.25, -0.2) is 22.6 Å². The number of aliphatic hydroxyl groups is 1. The van der Waals surface area contributed by atoms with Gasteiger partial charge in [0.25, 0.3) is 5.56 Å². The summed E-state index contributed by atoms with van der Waals surface area (Å²) in [6, 6.07) is 13.2. The van der Waals surface area contributed by atoms with Gasteiger partial charge in [0, 0.05) is 13.0 Å². The van der Waals surface area contributed by atoms with Gasteiger partial charge in [-0.1, -0.05) is 50.1 Å². The van der Waals surface area contributed by atoms with Gasteiger partial charge >= 0.3 is 0 Å². The number of nitrogens with zero attached hydrogens (tertiary/aromatic N) is 3. The molecule has 1 unspecified atom stereocenters. The molecule has 0 amide bonds. The van der Waals surface area contributed by atoms with Crippen LogP contribution in [0, 0.1) is 6.92 Å². The fourth-order valence-electron chi connectivity index (χ4n) is 4.26. The van der Waals surface area contributed by atoms with E-state index in [1.54, 1.807) is 35.7 Å². The number of aliphatic hydroxyl groups excluding tert-OH is 1. The summed E-state index contributed by atoms with van der Waals surface area (Å²) in [5.74, 6) is 1.22. The van der Waals surface area contributed by atoms with Crippen LogP contribution in [0.25, 0.3) is 16.9 Å². The number of hydrogen-bond donors (Lipinski definition) is 3. The Bertz CT molecular complexity index is 1560. The third-order valence-corrected chi connectivity index (χ3v) is 7.64. The van der Waals surface area contributed by atoms with Crippen molar-refractivity contribution in [3.8, 4) is 17.1 Å². The Kier molecular flexibility index (Phi) is 8.60. The number of aromatic nitrogens is 4. The third kappa shape index (κ3) is 5.95. The Morgan fingerprint density at radius 2 is 1.89 bits per heavy atom. The van der Waals surface area contributed by atoms with Gasteiger partial charge in [0.1, 0.15) is 11.6 Å². The molecule has 0 radical (unpaired) electrons. The molecule has 0 fully saturated rings. The number of aromatic amines is 1. The first-order chi connectivity index (χ1) is 18.2. The molecule has 38 heavy (non-hydrogen) atoms. The Balaban J connectivity index is 1.71. The lowest BCUT2D eigenvalue weighted by Crippen LogP contribution is -2.28. The Labute approximate surface area is 221 Å². The molecule has 4 rings (SSSR count). The number of unbranched alkanes of at least 4 members (excludes halogenated alkanes) is 2. The lowest BCUT2D eigenvalue weighted by molar-refractivity contribution is 0.182. The van der Waals surface area contributed by atoms with Crippen LogP contribution in [0.1, 0.15) is 56.3 Å². The minimum Gasteiger partial charge on any atom is -0.493 e. The minimum absolute atomic E-state index is 0.0519. The van der Waals surface area contributed by atoms with Crippen molar-refractivity contribution in [1.82, 2.24) is 24.3 Å². The van der Waals surface area contributed by atoms with Crippen LogP contribution >= 0.6 is 0 Å². The molecule has 0 saturated carbocycles. The molecule has 0 aliphatic rings. The Morgan fingerprint density at radius 3 is 2.61 bits per heavy atom. The van der Waals surface area contributed by atoms with Crippen LogP contribution in [0.4, 0.5) is 0 Å². The van der Waals surface area contributed by atoms with Gasteiger partial charge in [-0.2, -0.15) is 0 Å². The van der Waals surface area contributed by atoms with E-state index in [2.05, 4.69) is 26.7 Å². The van der Waals surface area contributed by atoms with Crippen LogP contribution in [0.5, 0.6) is 5.75 Å². The molecular weight excluding hydrogens is 506 g/mol. The van der Waals surface area contributed by atoms with Gasteiger partial charge in [-0.15, -0.1) is 5.10 Å². The van der Waals surface area contributed by atoms with Crippen LogP contribution in [0.15, 0.2) is 58.2 Å². The first kappa shape index (κ1) is 27.5. The zero-order valence-electron chi connectivity index (χ0n) is 21.8. The van der Waals surface area contributed by atoms with Crippen molar-refractivity contribution >= 4 is 15.5 Å². The van der Waals surface area contributed by atoms with E-state index < -0.39 is 16.1 Å². The largest absolute Gasteiger partial charge is 0.493 e. The number of fused-ring (bicyclic) bond motifs is 1. The molecule has 202 valence electrons. The SMILES string of the molecule is CCCCCc1nc(C)c2c(=O)[nH]c(-c3cc(S(=O)(=O)NCC(O)c4ccccc4)ccc3OCC)nn12. The van der Waals surface area contributed by atoms with Gasteiger partial charge < -0.3 is 14.8 Å². The Hall–Kier alpha value is -3.54. The average molecular weight is 540 g/mol. The summed E-state index contributed by atoms with van der Waals surface area (Å²) >= 11 is 0. The molecule has 4 aromatic rings. The Morgan fingerprint density at radius 1 is 1.13 bits per heavy atom. The average Bonchev–Trinajstić information content (AvgIpc) is 3.23. The van der Waals surface area contributed by atoms with E-state index in [1.807, 2.05) is 13.0 Å². The van der Waals surface area contributed by atoms with E-state index in [1.165, 1.54) is 18.2 Å². The maximum Gasteiger partial charge on any atom is 0.277 e. The first-order valence-corrected chi connectivity index (χ1v) is 14.2. The maximum absolute atomic E-state index is 13.1. The monoisotopic (exact) mass is 539 g/mol. The molecule has 1 atom stereocenters. The molecule has 0 saturated heterocycles. The summed E-state index contributed by atoms with van der Waals surface area (Å²) in [6.45, 7) is 5.82. The van der Waals surface area contributed by atoms with Crippen LogP contribution in [0.2, 0.25) is 0 Å². The molecule has 3 N–H and O–H groups in total. The van der Waals surface area contributed by atoms with Gasteiger partial charge in [0.2, 0.25) is 10.0 Å². The van der Waals surface area contributed by atoms with E-state index >= 15 is 0 Å². The predicted octanol–water partition coefficient (Wildman–Crippen LogP) is 3.54. The van der Waals surface area contributed by atoms with Crippen molar-refractivity contribution in [2.75, 3.05) is 13.2 Å². The summed E-state index contributed by atoms with van der Waals surface area (Å²) < 4.78 is 36.0. The highest BCUT2D eigenvalue weighted by Crippen LogP contribution is 2.30. The minimum atomic E-state index is -4.00. The molecule has 2 aromatic carbocycles. The number of benzene rings is 2. The summed E-state index contributed by atoms with van der Waals surface area (Å²) in [5, 5.41) is 15.1. The number of aryl methyl sites for hydroxylation is 2. The second-order valence-electron chi connectivity index (χ2n) is 9.00. The molecule has 0 spiro atoms. The van der Waals surface area contributed by atoms with E-state index in [4.69, 9.17) is 4.74 Å². The molecule has 2 heterocycles. The zero-order chi connectivity index (χ0) is 27.3. The molecule has 2 aromatic heterocycles. The highest BCUT2D eigenvalue weighted by Gasteiger charge is 2.22. The van der Waals surface area contributed by atoms with Crippen molar-refractivity contribution < 1.29 is 18.3 Å². The van der Waals surface area contributed by atoms with Crippen molar-refractivity contribution in [2.24, 2.45) is 0 Å². The first-order valence-electron chi connectivity index (χ1n) is 12.7. The van der Waals surface area contributed by atoms with Crippen LogP contribution in [-0.4, -0.2) is 46.3 Å². The topological polar surface area (TPSA) is 139 Å². The van der Waals surface area contributed by atoms with Crippen molar-refractivity contribution in [3.05, 3.63) is 76.0 Å². The van der Waals surface area contributed by atoms with Gasteiger partial charge in [-0.3, -0.25) is 4.79 Å². The highest BCUT2D eigenvalue weighted by molar-refractivity contribution is 7.89. The van der Waals surface area contributed by atoms with E-state index in [0.717, 1.165) is 19.3 Å². The quantitative estimate of drug-likeness (QED) is 0.234. The van der Waals surface area contributed by atoms with Gasteiger partial charge in [0.15, 0.2) is 11.3 Å². The molecule has 0 aliphatic carbocycles. The van der Waals surface area contributed by atoms with E-state index in [0.29, 0.717) is 46.9 Å². The second kappa shape index (κ2) is 11.9. The molecular formula is C27H33N5O5S. The number of H-pyrrole nitrogens is 1. The summed E-state index contributed by atoms with van der Waals surface area (Å²) in [5.41, 5.74) is 1.49. The number of hydrogen-bond acceptors (Lipinski definition) is 7. The van der Waals surface area contributed by atoms with Crippen LogP contribution in [-0.2, 0) is 16.4 Å². The standard InChI is InChI=1S/C27H33N5O5S/c1-4-6-8-13-24-29-18(3)25-27(34)30-26(31-32(24)25)21-16-20(14-15-23(21)37-5-2)38(35,36)28-17-22(33)19-11-9-7-10-12-19/h7,9-12,14-16,22,28,33H,4-6,8,13,17H2,1-3H3,(H,30,31,34). The normalized spacial score (nSPS) is 12.6. The summed E-state index contributed by atoms with van der Waals surface area (Å²) in [7, 11) is -4.00. The third-order valence-electron chi connectivity index (χ3n) is 6.21. The fraction of sp³-hybridized carbons (Fsp3) is 0.370. The predicted molar refractivity (Wildman–Crippen MR) is 145 cm³/mol. The van der Waals surface area contributed by atoms with Gasteiger partial charge in [0.05, 0.1) is 28.9 Å².